The number of aryl methyl sites for hydroxylation is 1. The van der Waals surface area contributed by atoms with Gasteiger partial charge in [0.25, 0.3) is 0 Å². The maximum atomic E-state index is 4.70. The zero-order valence-electron chi connectivity index (χ0n) is 7.88. The summed E-state index contributed by atoms with van der Waals surface area (Å²) in [6.07, 6.45) is 2.14. The predicted molar refractivity (Wildman–Crippen MR) is 70.2 cm³/mol. The molecule has 0 amide bonds. The van der Waals surface area contributed by atoms with Crippen LogP contribution < -0.4 is 0 Å². The molecule has 0 radical (unpaired) electrons. The minimum absolute atomic E-state index is 0.152. The molecule has 0 N–H and O–H groups in total. The Kier molecular flexibility index (Phi) is 2.73. The monoisotopic (exact) mass is 315 g/mol. The second-order valence-corrected chi connectivity index (χ2v) is 5.53. The molecule has 1 nitrogen and oxygen atoms in total. The number of hydrogen-bond acceptors (Lipinski definition) is 2. The number of alkyl halides is 1. The molecule has 0 aliphatic heterocycles. The predicted octanol–water partition coefficient (Wildman–Crippen LogP) is 3.63. The van der Waals surface area contributed by atoms with Crippen molar-refractivity contribution in [3.8, 4) is 0 Å². The highest BCUT2D eigenvalue weighted by atomic mass is 127. The van der Waals surface area contributed by atoms with Crippen molar-refractivity contribution in [2.24, 2.45) is 4.99 Å². The van der Waals surface area contributed by atoms with E-state index >= 15 is 0 Å². The van der Waals surface area contributed by atoms with Gasteiger partial charge in [0.05, 0.1) is 5.16 Å². The third-order valence-corrected chi connectivity index (χ3v) is 4.21. The molecule has 3 heteroatoms. The number of halogens is 1. The summed E-state index contributed by atoms with van der Waals surface area (Å²) in [5.41, 5.74) is 4.12. The number of aliphatic imine (C=N–C) groups is 1. The summed E-state index contributed by atoms with van der Waals surface area (Å²) in [5.74, 6) is 0. The highest BCUT2D eigenvalue weighted by Crippen LogP contribution is 2.46. The molecule has 1 aliphatic rings. The van der Waals surface area contributed by atoms with Gasteiger partial charge in [-0.25, -0.2) is 4.99 Å². The van der Waals surface area contributed by atoms with Crippen LogP contribution in [0.25, 0.3) is 0 Å². The Morgan fingerprint density at radius 2 is 2.36 bits per heavy atom. The molecule has 0 saturated carbocycles. The van der Waals surface area contributed by atoms with E-state index in [0.717, 1.165) is 12.8 Å². The van der Waals surface area contributed by atoms with E-state index in [1.165, 1.54) is 16.7 Å². The fourth-order valence-corrected chi connectivity index (χ4v) is 3.22. The first-order valence-corrected chi connectivity index (χ1v) is 6.03. The number of fused-ring (bicyclic) bond motifs is 1. The average Bonchev–Trinajstić information content (AvgIpc) is 2.47. The Bertz CT molecular complexity index is 423. The van der Waals surface area contributed by atoms with Gasteiger partial charge in [-0.15, -0.1) is 0 Å². The number of nitrogens with zero attached hydrogens (tertiary/aromatic N) is 1. The van der Waals surface area contributed by atoms with Gasteiger partial charge in [-0.1, -0.05) is 18.2 Å². The van der Waals surface area contributed by atoms with Crippen molar-refractivity contribution in [1.82, 2.24) is 0 Å². The molecule has 0 saturated heterocycles. The van der Waals surface area contributed by atoms with Crippen molar-refractivity contribution in [1.29, 1.82) is 0 Å². The van der Waals surface area contributed by atoms with Crippen LogP contribution >= 0.6 is 34.8 Å². The third-order valence-electron chi connectivity index (χ3n) is 2.75. The maximum absolute atomic E-state index is 4.70. The van der Waals surface area contributed by atoms with Crippen LogP contribution in [0, 0.1) is 6.92 Å². The molecule has 0 heterocycles. The molecule has 0 fully saturated rings. The molecular formula is C11H10INS. The standard InChI is InChI=1S/C11H10INS/c1-8-3-2-4-10-9(8)5-6-11(10,12)13-7-14/h2-4H,5-6H2,1H3. The summed E-state index contributed by atoms with van der Waals surface area (Å²) in [6, 6.07) is 6.39. The molecule has 0 bridgehead atoms. The van der Waals surface area contributed by atoms with Crippen molar-refractivity contribution in [2.45, 2.75) is 23.3 Å². The molecule has 0 spiro atoms. The first kappa shape index (κ1) is 10.3. The fourth-order valence-electron chi connectivity index (χ4n) is 2.01. The van der Waals surface area contributed by atoms with Crippen molar-refractivity contribution in [2.75, 3.05) is 0 Å². The lowest BCUT2D eigenvalue weighted by atomic mass is 10.0. The largest absolute Gasteiger partial charge is 0.210 e. The van der Waals surface area contributed by atoms with Crippen LogP contribution in [-0.2, 0) is 9.97 Å². The van der Waals surface area contributed by atoms with Gasteiger partial charge < -0.3 is 0 Å². The van der Waals surface area contributed by atoms with Gasteiger partial charge in [0.1, 0.15) is 3.55 Å². The van der Waals surface area contributed by atoms with E-state index in [0.29, 0.717) is 0 Å². The Labute approximate surface area is 103 Å². The summed E-state index contributed by atoms with van der Waals surface area (Å²) in [4.78, 5) is 4.29. The SMILES string of the molecule is Cc1cccc2c1CCC2(I)N=C=S. The van der Waals surface area contributed by atoms with Crippen LogP contribution in [0.5, 0.6) is 0 Å². The quantitative estimate of drug-likeness (QED) is 0.253. The fraction of sp³-hybridized carbons (Fsp3) is 0.364. The van der Waals surface area contributed by atoms with Crippen molar-refractivity contribution in [3.63, 3.8) is 0 Å². The molecule has 1 unspecified atom stereocenters. The topological polar surface area (TPSA) is 12.4 Å². The van der Waals surface area contributed by atoms with Crippen LogP contribution in [0.4, 0.5) is 0 Å². The lowest BCUT2D eigenvalue weighted by Crippen LogP contribution is -2.09. The minimum Gasteiger partial charge on any atom is -0.210 e. The molecule has 1 atom stereocenters. The van der Waals surface area contributed by atoms with Gasteiger partial charge in [-0.2, -0.15) is 0 Å². The van der Waals surface area contributed by atoms with Crippen molar-refractivity contribution < 1.29 is 0 Å². The summed E-state index contributed by atoms with van der Waals surface area (Å²) < 4.78 is -0.152. The van der Waals surface area contributed by atoms with E-state index in [1.807, 2.05) is 0 Å². The van der Waals surface area contributed by atoms with Crippen LogP contribution in [0.3, 0.4) is 0 Å². The van der Waals surface area contributed by atoms with Gasteiger partial charge in [0, 0.05) is 0 Å². The summed E-state index contributed by atoms with van der Waals surface area (Å²) >= 11 is 7.08. The van der Waals surface area contributed by atoms with E-state index < -0.39 is 0 Å². The zero-order chi connectivity index (χ0) is 10.2. The highest BCUT2D eigenvalue weighted by molar-refractivity contribution is 14.1. The van der Waals surface area contributed by atoms with Gasteiger partial charge in [-0.05, 0) is 71.3 Å². The molecule has 2 rings (SSSR count). The number of hydrogen-bond donors (Lipinski definition) is 0. The zero-order valence-corrected chi connectivity index (χ0v) is 10.9. The Morgan fingerprint density at radius 1 is 1.57 bits per heavy atom. The second-order valence-electron chi connectivity index (χ2n) is 3.56. The van der Waals surface area contributed by atoms with Gasteiger partial charge in [0.15, 0.2) is 0 Å². The third kappa shape index (κ3) is 1.53. The first-order chi connectivity index (χ1) is 6.67. The number of isothiocyanates is 1. The lowest BCUT2D eigenvalue weighted by Gasteiger charge is -2.16. The molecule has 1 aromatic rings. The maximum Gasteiger partial charge on any atom is 0.147 e. The van der Waals surface area contributed by atoms with Crippen LogP contribution in [0.1, 0.15) is 23.1 Å². The molecule has 1 aliphatic carbocycles. The Hall–Kier alpha value is -0.250. The van der Waals surface area contributed by atoms with Crippen LogP contribution in [-0.4, -0.2) is 5.16 Å². The van der Waals surface area contributed by atoms with Gasteiger partial charge >= 0.3 is 0 Å². The minimum atomic E-state index is -0.152. The summed E-state index contributed by atoms with van der Waals surface area (Å²) in [7, 11) is 0. The van der Waals surface area contributed by atoms with Gasteiger partial charge in [-0.3, -0.25) is 0 Å². The smallest absolute Gasteiger partial charge is 0.147 e. The van der Waals surface area contributed by atoms with Crippen LogP contribution in [0.15, 0.2) is 23.2 Å². The van der Waals surface area contributed by atoms with Crippen molar-refractivity contribution in [3.05, 3.63) is 34.9 Å². The molecule has 1 aromatic carbocycles. The molecular weight excluding hydrogens is 305 g/mol. The number of rotatable bonds is 1. The van der Waals surface area contributed by atoms with E-state index in [-0.39, 0.29) is 3.55 Å². The second kappa shape index (κ2) is 3.72. The Balaban J connectivity index is 2.60. The number of benzene rings is 1. The summed E-state index contributed by atoms with van der Waals surface area (Å²) in [5, 5.41) is 2.51. The molecule has 14 heavy (non-hydrogen) atoms. The summed E-state index contributed by atoms with van der Waals surface area (Å²) in [6.45, 7) is 2.16. The van der Waals surface area contributed by atoms with Crippen LogP contribution in [0.2, 0.25) is 0 Å². The molecule has 72 valence electrons. The number of thiocarbonyl (C=S) groups is 1. The highest BCUT2D eigenvalue weighted by Gasteiger charge is 2.36. The van der Waals surface area contributed by atoms with E-state index in [2.05, 4.69) is 57.9 Å². The lowest BCUT2D eigenvalue weighted by molar-refractivity contribution is 0.689. The first-order valence-electron chi connectivity index (χ1n) is 4.54. The van der Waals surface area contributed by atoms with E-state index in [1.54, 1.807) is 0 Å². The average molecular weight is 315 g/mol. The van der Waals surface area contributed by atoms with Gasteiger partial charge in [0.2, 0.25) is 0 Å². The van der Waals surface area contributed by atoms with E-state index in [4.69, 9.17) is 12.2 Å². The van der Waals surface area contributed by atoms with Crippen molar-refractivity contribution >= 4 is 40.0 Å². The Morgan fingerprint density at radius 3 is 3.07 bits per heavy atom. The normalized spacial score (nSPS) is 24.1. The van der Waals surface area contributed by atoms with E-state index in [9.17, 15) is 0 Å². The molecule has 0 aromatic heterocycles.